The number of rotatable bonds is 5. The first-order chi connectivity index (χ1) is 13.7. The summed E-state index contributed by atoms with van der Waals surface area (Å²) in [6, 6.07) is 9.94. The van der Waals surface area contributed by atoms with E-state index in [1.165, 1.54) is 11.0 Å². The monoisotopic (exact) mass is 431 g/mol. The molecule has 150 valence electrons. The molecule has 2 aromatic heterocycles. The molecule has 0 atom stereocenters. The van der Waals surface area contributed by atoms with Crippen LogP contribution < -0.4 is 10.9 Å². The largest absolute Gasteiger partial charge is 0.344 e. The minimum Gasteiger partial charge on any atom is -0.344 e. The van der Waals surface area contributed by atoms with Gasteiger partial charge in [0, 0.05) is 30.7 Å². The Hall–Kier alpha value is -3.04. The molecule has 0 fully saturated rings. The van der Waals surface area contributed by atoms with Crippen LogP contribution >= 0.6 is 22.9 Å². The molecule has 0 bridgehead atoms. The zero-order chi connectivity index (χ0) is 21.1. The summed E-state index contributed by atoms with van der Waals surface area (Å²) in [6.07, 6.45) is 0. The van der Waals surface area contributed by atoms with Gasteiger partial charge < -0.3 is 10.2 Å². The average Bonchev–Trinajstić information content (AvgIpc) is 3.03. The van der Waals surface area contributed by atoms with Crippen LogP contribution in [-0.4, -0.2) is 45.6 Å². The zero-order valence-electron chi connectivity index (χ0n) is 16.0. The highest BCUT2D eigenvalue weighted by Gasteiger charge is 2.18. The maximum atomic E-state index is 12.4. The second kappa shape index (κ2) is 8.54. The van der Waals surface area contributed by atoms with Gasteiger partial charge in [-0.1, -0.05) is 35.1 Å². The molecule has 29 heavy (non-hydrogen) atoms. The van der Waals surface area contributed by atoms with E-state index in [0.29, 0.717) is 26.4 Å². The predicted octanol–water partition coefficient (Wildman–Crippen LogP) is 2.67. The van der Waals surface area contributed by atoms with Gasteiger partial charge in [0.25, 0.3) is 11.5 Å². The number of nitrogens with one attached hydrogen (secondary N) is 1. The maximum Gasteiger partial charge on any atom is 0.267 e. The van der Waals surface area contributed by atoms with Gasteiger partial charge in [-0.05, 0) is 25.1 Å². The number of nitrogens with zero attached hydrogens (tertiary/aromatic N) is 4. The van der Waals surface area contributed by atoms with Crippen LogP contribution in [0.3, 0.4) is 0 Å². The molecule has 10 heteroatoms. The van der Waals surface area contributed by atoms with Crippen molar-refractivity contribution >= 4 is 39.9 Å². The first-order valence-electron chi connectivity index (χ1n) is 8.57. The fraction of sp³-hybridized carbons (Fsp3) is 0.211. The number of benzene rings is 1. The molecule has 0 spiro atoms. The number of aromatic nitrogens is 3. The van der Waals surface area contributed by atoms with Crippen molar-refractivity contribution in [2.75, 3.05) is 19.4 Å². The third-order valence-electron chi connectivity index (χ3n) is 3.94. The highest BCUT2D eigenvalue weighted by molar-refractivity contribution is 7.17. The molecule has 3 aromatic rings. The number of carbonyl (C=O) groups is 2. The SMILES string of the molecule is Cc1nc(NC(=O)Cn2nc(-c3ccc(Cl)cc3)ccc2=O)sc1C(=O)N(C)C. The van der Waals surface area contributed by atoms with Crippen molar-refractivity contribution in [1.82, 2.24) is 19.7 Å². The minimum absolute atomic E-state index is 0.186. The quantitative estimate of drug-likeness (QED) is 0.669. The summed E-state index contributed by atoms with van der Waals surface area (Å²) in [7, 11) is 3.29. The lowest BCUT2D eigenvalue weighted by molar-refractivity contribution is -0.117. The second-order valence-electron chi connectivity index (χ2n) is 6.40. The lowest BCUT2D eigenvalue weighted by atomic mass is 10.1. The molecule has 0 unspecified atom stereocenters. The van der Waals surface area contributed by atoms with E-state index in [2.05, 4.69) is 15.4 Å². The van der Waals surface area contributed by atoms with Crippen molar-refractivity contribution < 1.29 is 9.59 Å². The number of hydrogen-bond acceptors (Lipinski definition) is 6. The Kier molecular flexibility index (Phi) is 6.09. The second-order valence-corrected chi connectivity index (χ2v) is 7.84. The smallest absolute Gasteiger partial charge is 0.267 e. The number of amides is 2. The van der Waals surface area contributed by atoms with Gasteiger partial charge in [-0.3, -0.25) is 14.4 Å². The summed E-state index contributed by atoms with van der Waals surface area (Å²) in [5.74, 6) is -0.653. The molecule has 0 radical (unpaired) electrons. The van der Waals surface area contributed by atoms with E-state index in [9.17, 15) is 14.4 Å². The predicted molar refractivity (Wildman–Crippen MR) is 112 cm³/mol. The normalized spacial score (nSPS) is 10.6. The topological polar surface area (TPSA) is 97.2 Å². The molecule has 0 aliphatic carbocycles. The minimum atomic E-state index is -0.467. The molecule has 1 N–H and O–H groups in total. The van der Waals surface area contributed by atoms with E-state index >= 15 is 0 Å². The summed E-state index contributed by atoms with van der Waals surface area (Å²) < 4.78 is 1.08. The van der Waals surface area contributed by atoms with Crippen molar-refractivity contribution in [3.05, 3.63) is 62.3 Å². The number of aryl methyl sites for hydroxylation is 1. The van der Waals surface area contributed by atoms with Gasteiger partial charge in [-0.15, -0.1) is 0 Å². The number of hydrogen-bond donors (Lipinski definition) is 1. The molecular weight excluding hydrogens is 414 g/mol. The molecule has 0 saturated carbocycles. The van der Waals surface area contributed by atoms with Crippen LogP contribution in [0.5, 0.6) is 0 Å². The molecule has 0 aliphatic heterocycles. The zero-order valence-corrected chi connectivity index (χ0v) is 17.5. The summed E-state index contributed by atoms with van der Waals surface area (Å²) in [4.78, 5) is 42.7. The Morgan fingerprint density at radius 1 is 1.17 bits per heavy atom. The van der Waals surface area contributed by atoms with Gasteiger partial charge in [0.1, 0.15) is 11.4 Å². The summed E-state index contributed by atoms with van der Waals surface area (Å²) in [5.41, 5.74) is 1.43. The summed E-state index contributed by atoms with van der Waals surface area (Å²) >= 11 is 6.98. The first-order valence-corrected chi connectivity index (χ1v) is 9.77. The Bertz CT molecular complexity index is 1120. The third kappa shape index (κ3) is 4.87. The van der Waals surface area contributed by atoms with Crippen molar-refractivity contribution in [2.24, 2.45) is 0 Å². The van der Waals surface area contributed by atoms with Crippen LogP contribution in [0.2, 0.25) is 5.02 Å². The molecule has 2 heterocycles. The van der Waals surface area contributed by atoms with Gasteiger partial charge in [0.15, 0.2) is 5.13 Å². The Balaban J connectivity index is 1.76. The van der Waals surface area contributed by atoms with Gasteiger partial charge in [0.2, 0.25) is 5.91 Å². The van der Waals surface area contributed by atoms with Crippen LogP contribution in [-0.2, 0) is 11.3 Å². The molecule has 2 amide bonds. The highest BCUT2D eigenvalue weighted by atomic mass is 35.5. The molecule has 0 aliphatic rings. The maximum absolute atomic E-state index is 12.4. The van der Waals surface area contributed by atoms with E-state index in [4.69, 9.17) is 11.6 Å². The number of carbonyl (C=O) groups excluding carboxylic acids is 2. The lowest BCUT2D eigenvalue weighted by Crippen LogP contribution is -2.29. The first kappa shape index (κ1) is 20.7. The molecular formula is C19H18ClN5O3S. The standard InChI is InChI=1S/C19H18ClN5O3S/c1-11-17(18(28)24(2)3)29-19(21-11)22-15(26)10-25-16(27)9-8-14(23-25)12-4-6-13(20)7-5-12/h4-9H,10H2,1-3H3,(H,21,22,26). The molecule has 0 saturated heterocycles. The van der Waals surface area contributed by atoms with Crippen molar-refractivity contribution in [3.63, 3.8) is 0 Å². The fourth-order valence-electron chi connectivity index (χ4n) is 2.48. The van der Waals surface area contributed by atoms with Gasteiger partial charge >= 0.3 is 0 Å². The molecule has 1 aromatic carbocycles. The Morgan fingerprint density at radius 2 is 1.86 bits per heavy atom. The van der Waals surface area contributed by atoms with Gasteiger partial charge in [-0.2, -0.15) is 5.10 Å². The summed E-state index contributed by atoms with van der Waals surface area (Å²) in [5, 5.41) is 7.75. The van der Waals surface area contributed by atoms with E-state index in [0.717, 1.165) is 21.6 Å². The third-order valence-corrected chi connectivity index (χ3v) is 5.26. The van der Waals surface area contributed by atoms with Gasteiger partial charge in [-0.25, -0.2) is 9.67 Å². The molecule has 3 rings (SSSR count). The van der Waals surface area contributed by atoms with Crippen molar-refractivity contribution in [2.45, 2.75) is 13.5 Å². The fourth-order valence-corrected chi connectivity index (χ4v) is 3.61. The van der Waals surface area contributed by atoms with Crippen LogP contribution in [0.25, 0.3) is 11.3 Å². The highest BCUT2D eigenvalue weighted by Crippen LogP contribution is 2.23. The Morgan fingerprint density at radius 3 is 2.52 bits per heavy atom. The van der Waals surface area contributed by atoms with Gasteiger partial charge in [0.05, 0.1) is 11.4 Å². The number of thiazole rings is 1. The van der Waals surface area contributed by atoms with E-state index in [1.807, 2.05) is 0 Å². The van der Waals surface area contributed by atoms with Crippen molar-refractivity contribution in [3.8, 4) is 11.3 Å². The van der Waals surface area contributed by atoms with E-state index in [-0.39, 0.29) is 12.5 Å². The van der Waals surface area contributed by atoms with Crippen LogP contribution in [0.1, 0.15) is 15.4 Å². The number of halogens is 1. The van der Waals surface area contributed by atoms with E-state index < -0.39 is 11.5 Å². The molecule has 8 nitrogen and oxygen atoms in total. The van der Waals surface area contributed by atoms with Crippen LogP contribution in [0.15, 0.2) is 41.2 Å². The van der Waals surface area contributed by atoms with Crippen LogP contribution in [0, 0.1) is 6.92 Å². The van der Waals surface area contributed by atoms with Crippen molar-refractivity contribution in [1.29, 1.82) is 0 Å². The van der Waals surface area contributed by atoms with E-state index in [1.54, 1.807) is 51.4 Å². The summed E-state index contributed by atoms with van der Waals surface area (Å²) in [6.45, 7) is 1.42. The lowest BCUT2D eigenvalue weighted by Gasteiger charge is -2.08. The average molecular weight is 432 g/mol. The Labute approximate surface area is 175 Å². The number of anilines is 1. The van der Waals surface area contributed by atoms with Crippen LogP contribution in [0.4, 0.5) is 5.13 Å².